The first-order valence-corrected chi connectivity index (χ1v) is 8.34. The fourth-order valence-corrected chi connectivity index (χ4v) is 3.52. The number of carbonyl (C=O) groups excluding carboxylic acids is 1. The second-order valence-corrected chi connectivity index (χ2v) is 6.54. The first kappa shape index (κ1) is 15.6. The van der Waals surface area contributed by atoms with E-state index < -0.39 is 0 Å². The monoisotopic (exact) mass is 308 g/mol. The van der Waals surface area contributed by atoms with E-state index in [4.69, 9.17) is 5.73 Å². The molecule has 0 radical (unpaired) electrons. The summed E-state index contributed by atoms with van der Waals surface area (Å²) in [6, 6.07) is 16.3. The van der Waals surface area contributed by atoms with Gasteiger partial charge in [-0.1, -0.05) is 42.8 Å². The lowest BCUT2D eigenvalue weighted by molar-refractivity contribution is 0.0927. The Hall–Kier alpha value is -2.29. The number of hydrogen-bond acceptors (Lipinski definition) is 2. The molecule has 1 fully saturated rings. The summed E-state index contributed by atoms with van der Waals surface area (Å²) < 4.78 is 0. The maximum absolute atomic E-state index is 12.6. The average Bonchev–Trinajstić information content (AvgIpc) is 2.97. The Kier molecular flexibility index (Phi) is 4.65. The second kappa shape index (κ2) is 6.86. The van der Waals surface area contributed by atoms with Crippen molar-refractivity contribution >= 4 is 11.6 Å². The van der Waals surface area contributed by atoms with Crippen LogP contribution in [0.4, 0.5) is 5.69 Å². The molecule has 2 aromatic rings. The van der Waals surface area contributed by atoms with Crippen LogP contribution in [-0.4, -0.2) is 11.9 Å². The van der Waals surface area contributed by atoms with Gasteiger partial charge in [-0.15, -0.1) is 0 Å². The van der Waals surface area contributed by atoms with E-state index in [1.54, 1.807) is 6.07 Å². The molecule has 0 saturated heterocycles. The van der Waals surface area contributed by atoms with Crippen molar-refractivity contribution in [3.8, 4) is 0 Å². The summed E-state index contributed by atoms with van der Waals surface area (Å²) in [6.07, 6.45) is 4.44. The molecule has 3 heteroatoms. The molecule has 23 heavy (non-hydrogen) atoms. The van der Waals surface area contributed by atoms with Crippen LogP contribution >= 0.6 is 0 Å². The highest BCUT2D eigenvalue weighted by Gasteiger charge is 2.29. The summed E-state index contributed by atoms with van der Waals surface area (Å²) >= 11 is 0. The second-order valence-electron chi connectivity index (χ2n) is 6.54. The molecule has 2 atom stereocenters. The van der Waals surface area contributed by atoms with Crippen molar-refractivity contribution in [1.29, 1.82) is 0 Å². The van der Waals surface area contributed by atoms with Crippen molar-refractivity contribution < 1.29 is 4.79 Å². The molecule has 3 nitrogen and oxygen atoms in total. The molecule has 0 bridgehead atoms. The molecular formula is C20H24N2O. The van der Waals surface area contributed by atoms with E-state index in [1.165, 1.54) is 18.4 Å². The van der Waals surface area contributed by atoms with Gasteiger partial charge in [-0.3, -0.25) is 4.79 Å². The van der Waals surface area contributed by atoms with Gasteiger partial charge in [0, 0.05) is 17.3 Å². The Morgan fingerprint density at radius 2 is 1.96 bits per heavy atom. The van der Waals surface area contributed by atoms with Gasteiger partial charge in [-0.05, 0) is 55.4 Å². The SMILES string of the molecule is Cc1ccc(N)cc1C(=O)NC1CCCC1Cc1ccccc1. The number of anilines is 1. The number of hydrogen-bond donors (Lipinski definition) is 2. The number of benzene rings is 2. The molecule has 1 amide bonds. The fraction of sp³-hybridized carbons (Fsp3) is 0.350. The van der Waals surface area contributed by atoms with Crippen molar-refractivity contribution in [2.45, 2.75) is 38.6 Å². The number of aryl methyl sites for hydroxylation is 1. The third-order valence-corrected chi connectivity index (χ3v) is 4.82. The molecule has 1 aliphatic rings. The predicted octanol–water partition coefficient (Wildman–Crippen LogP) is 3.72. The molecular weight excluding hydrogens is 284 g/mol. The maximum atomic E-state index is 12.6. The summed E-state index contributed by atoms with van der Waals surface area (Å²) in [5.41, 5.74) is 9.46. The highest BCUT2D eigenvalue weighted by Crippen LogP contribution is 2.29. The van der Waals surface area contributed by atoms with E-state index in [-0.39, 0.29) is 11.9 Å². The molecule has 0 heterocycles. The van der Waals surface area contributed by atoms with Gasteiger partial charge in [0.25, 0.3) is 5.91 Å². The minimum absolute atomic E-state index is 0.000221. The molecule has 0 aromatic heterocycles. The molecule has 0 aliphatic heterocycles. The lowest BCUT2D eigenvalue weighted by atomic mass is 9.94. The van der Waals surface area contributed by atoms with E-state index >= 15 is 0 Å². The largest absolute Gasteiger partial charge is 0.399 e. The molecule has 1 saturated carbocycles. The van der Waals surface area contributed by atoms with Gasteiger partial charge in [-0.25, -0.2) is 0 Å². The third kappa shape index (κ3) is 3.73. The Balaban J connectivity index is 1.68. The first-order chi connectivity index (χ1) is 11.1. The van der Waals surface area contributed by atoms with Crippen molar-refractivity contribution in [3.63, 3.8) is 0 Å². The minimum atomic E-state index is -0.000221. The first-order valence-electron chi connectivity index (χ1n) is 8.34. The van der Waals surface area contributed by atoms with Gasteiger partial charge >= 0.3 is 0 Å². The van der Waals surface area contributed by atoms with E-state index in [0.717, 1.165) is 18.4 Å². The zero-order valence-corrected chi connectivity index (χ0v) is 13.6. The van der Waals surface area contributed by atoms with Crippen molar-refractivity contribution in [2.75, 3.05) is 5.73 Å². The van der Waals surface area contributed by atoms with Crippen molar-refractivity contribution in [3.05, 3.63) is 65.2 Å². The van der Waals surface area contributed by atoms with E-state index in [9.17, 15) is 4.79 Å². The summed E-state index contributed by atoms with van der Waals surface area (Å²) in [5.74, 6) is 0.516. The average molecular weight is 308 g/mol. The Morgan fingerprint density at radius 1 is 1.17 bits per heavy atom. The van der Waals surface area contributed by atoms with Gasteiger partial charge in [-0.2, -0.15) is 0 Å². The van der Waals surface area contributed by atoms with Crippen LogP contribution in [0.15, 0.2) is 48.5 Å². The predicted molar refractivity (Wildman–Crippen MR) is 94.3 cm³/mol. The standard InChI is InChI=1S/C20H24N2O/c1-14-10-11-17(21)13-18(14)20(23)22-19-9-5-8-16(19)12-15-6-3-2-4-7-15/h2-4,6-7,10-11,13,16,19H,5,8-9,12,21H2,1H3,(H,22,23). The quantitative estimate of drug-likeness (QED) is 0.846. The number of nitrogen functional groups attached to an aromatic ring is 1. The van der Waals surface area contributed by atoms with Gasteiger partial charge in [0.1, 0.15) is 0 Å². The van der Waals surface area contributed by atoms with Crippen molar-refractivity contribution in [2.24, 2.45) is 5.92 Å². The highest BCUT2D eigenvalue weighted by atomic mass is 16.1. The molecule has 3 rings (SSSR count). The molecule has 3 N–H and O–H groups in total. The molecule has 0 spiro atoms. The van der Waals surface area contributed by atoms with Crippen LogP contribution in [0.1, 0.15) is 40.7 Å². The number of nitrogens with one attached hydrogen (secondary N) is 1. The van der Waals surface area contributed by atoms with Gasteiger partial charge in [0.05, 0.1) is 0 Å². The number of rotatable bonds is 4. The summed E-state index contributed by atoms with van der Waals surface area (Å²) in [5, 5.41) is 3.24. The summed E-state index contributed by atoms with van der Waals surface area (Å²) in [4.78, 5) is 12.6. The van der Waals surface area contributed by atoms with E-state index in [1.807, 2.05) is 25.1 Å². The fourth-order valence-electron chi connectivity index (χ4n) is 3.52. The van der Waals surface area contributed by atoms with Crippen LogP contribution < -0.4 is 11.1 Å². The zero-order chi connectivity index (χ0) is 16.2. The van der Waals surface area contributed by atoms with Crippen LogP contribution in [-0.2, 0) is 6.42 Å². The molecule has 120 valence electrons. The lowest BCUT2D eigenvalue weighted by Crippen LogP contribution is -2.38. The van der Waals surface area contributed by atoms with Crippen LogP contribution in [0.3, 0.4) is 0 Å². The van der Waals surface area contributed by atoms with Crippen LogP contribution in [0.2, 0.25) is 0 Å². The number of amides is 1. The smallest absolute Gasteiger partial charge is 0.251 e. The third-order valence-electron chi connectivity index (χ3n) is 4.82. The highest BCUT2D eigenvalue weighted by molar-refractivity contribution is 5.96. The normalized spacial score (nSPS) is 20.4. The van der Waals surface area contributed by atoms with E-state index in [0.29, 0.717) is 17.2 Å². The zero-order valence-electron chi connectivity index (χ0n) is 13.6. The van der Waals surface area contributed by atoms with Gasteiger partial charge in [0.2, 0.25) is 0 Å². The molecule has 2 aromatic carbocycles. The van der Waals surface area contributed by atoms with Gasteiger partial charge < -0.3 is 11.1 Å². The summed E-state index contributed by atoms with van der Waals surface area (Å²) in [6.45, 7) is 1.95. The molecule has 2 unspecified atom stereocenters. The van der Waals surface area contributed by atoms with E-state index in [2.05, 4.69) is 29.6 Å². The topological polar surface area (TPSA) is 55.1 Å². The maximum Gasteiger partial charge on any atom is 0.251 e. The van der Waals surface area contributed by atoms with Crippen LogP contribution in [0.25, 0.3) is 0 Å². The Bertz CT molecular complexity index is 681. The molecule has 1 aliphatic carbocycles. The summed E-state index contributed by atoms with van der Waals surface area (Å²) in [7, 11) is 0. The Morgan fingerprint density at radius 3 is 2.74 bits per heavy atom. The number of nitrogens with two attached hydrogens (primary N) is 1. The minimum Gasteiger partial charge on any atom is -0.399 e. The Labute approximate surface area is 137 Å². The lowest BCUT2D eigenvalue weighted by Gasteiger charge is -2.22. The van der Waals surface area contributed by atoms with Crippen LogP contribution in [0.5, 0.6) is 0 Å². The van der Waals surface area contributed by atoms with Crippen LogP contribution in [0, 0.1) is 12.8 Å². The van der Waals surface area contributed by atoms with Gasteiger partial charge in [0.15, 0.2) is 0 Å². The number of carbonyl (C=O) groups is 1. The van der Waals surface area contributed by atoms with Crippen molar-refractivity contribution in [1.82, 2.24) is 5.32 Å².